The summed E-state index contributed by atoms with van der Waals surface area (Å²) in [6, 6.07) is 52.7. The predicted molar refractivity (Wildman–Crippen MR) is 164 cm³/mol. The summed E-state index contributed by atoms with van der Waals surface area (Å²) in [4.78, 5) is 2.35. The largest absolute Gasteiger partial charge is 0.310 e. The summed E-state index contributed by atoms with van der Waals surface area (Å²) in [6.45, 7) is 2.13. The molecule has 180 valence electrons. The molecule has 0 amide bonds. The molecular formula is C37H27N. The van der Waals surface area contributed by atoms with E-state index >= 15 is 0 Å². The highest BCUT2D eigenvalue weighted by atomic mass is 15.1. The van der Waals surface area contributed by atoms with E-state index in [1.54, 1.807) is 0 Å². The van der Waals surface area contributed by atoms with E-state index in [1.807, 2.05) is 0 Å². The fourth-order valence-corrected chi connectivity index (χ4v) is 5.61. The fraction of sp³-hybridized carbons (Fsp3) is 0.0270. The van der Waals surface area contributed by atoms with Gasteiger partial charge in [-0.2, -0.15) is 0 Å². The van der Waals surface area contributed by atoms with Gasteiger partial charge in [0.2, 0.25) is 0 Å². The third-order valence-electron chi connectivity index (χ3n) is 7.51. The van der Waals surface area contributed by atoms with Crippen molar-refractivity contribution in [2.45, 2.75) is 6.92 Å². The van der Waals surface area contributed by atoms with E-state index in [0.717, 1.165) is 17.1 Å². The van der Waals surface area contributed by atoms with Crippen LogP contribution in [0.1, 0.15) is 5.56 Å². The molecule has 7 aromatic carbocycles. The van der Waals surface area contributed by atoms with E-state index < -0.39 is 0 Å². The molecule has 0 spiro atoms. The normalized spacial score (nSPS) is 11.3. The number of anilines is 3. The van der Waals surface area contributed by atoms with E-state index in [0.29, 0.717) is 0 Å². The molecule has 0 heterocycles. The lowest BCUT2D eigenvalue weighted by Gasteiger charge is -2.26. The van der Waals surface area contributed by atoms with Gasteiger partial charge in [-0.3, -0.25) is 0 Å². The lowest BCUT2D eigenvalue weighted by molar-refractivity contribution is 1.29. The molecule has 1 heteroatoms. The molecule has 0 bridgehead atoms. The molecule has 0 radical (unpaired) electrons. The molecule has 0 fully saturated rings. The van der Waals surface area contributed by atoms with Crippen LogP contribution in [-0.4, -0.2) is 0 Å². The van der Waals surface area contributed by atoms with Crippen LogP contribution >= 0.6 is 0 Å². The van der Waals surface area contributed by atoms with Crippen LogP contribution in [0, 0.1) is 6.92 Å². The van der Waals surface area contributed by atoms with Crippen LogP contribution in [0.25, 0.3) is 43.4 Å². The monoisotopic (exact) mass is 485 g/mol. The SMILES string of the molecule is Cc1ccc(-c2ccc(N(c3ccccc3)c3ccc4c5ccccc5c5ccccc5c4c3)cc2)cc1. The minimum atomic E-state index is 1.14. The molecule has 0 unspecified atom stereocenters. The van der Waals surface area contributed by atoms with Crippen LogP contribution in [0.15, 0.2) is 146 Å². The molecule has 0 aliphatic carbocycles. The Hall–Kier alpha value is -4.88. The van der Waals surface area contributed by atoms with Gasteiger partial charge < -0.3 is 4.90 Å². The first-order valence-electron chi connectivity index (χ1n) is 13.1. The van der Waals surface area contributed by atoms with Gasteiger partial charge in [-0.25, -0.2) is 0 Å². The van der Waals surface area contributed by atoms with Crippen molar-refractivity contribution in [3.8, 4) is 11.1 Å². The summed E-state index contributed by atoms with van der Waals surface area (Å²) in [5.41, 5.74) is 7.15. The van der Waals surface area contributed by atoms with Crippen molar-refractivity contribution in [2.24, 2.45) is 0 Å². The zero-order valence-corrected chi connectivity index (χ0v) is 21.3. The zero-order valence-electron chi connectivity index (χ0n) is 21.3. The lowest BCUT2D eigenvalue weighted by Crippen LogP contribution is -2.09. The van der Waals surface area contributed by atoms with E-state index in [9.17, 15) is 0 Å². The maximum absolute atomic E-state index is 2.35. The number of hydrogen-bond donors (Lipinski definition) is 0. The Morgan fingerprint density at radius 3 is 1.34 bits per heavy atom. The molecule has 1 nitrogen and oxygen atoms in total. The van der Waals surface area contributed by atoms with Gasteiger partial charge in [0.15, 0.2) is 0 Å². The van der Waals surface area contributed by atoms with Crippen LogP contribution in [0.2, 0.25) is 0 Å². The first-order chi connectivity index (χ1) is 18.8. The summed E-state index contributed by atoms with van der Waals surface area (Å²) in [6.07, 6.45) is 0. The first-order valence-corrected chi connectivity index (χ1v) is 13.1. The molecule has 7 rings (SSSR count). The van der Waals surface area contributed by atoms with Crippen molar-refractivity contribution >= 4 is 49.4 Å². The van der Waals surface area contributed by atoms with Gasteiger partial charge in [-0.1, -0.05) is 115 Å². The molecule has 0 atom stereocenters. The fourth-order valence-electron chi connectivity index (χ4n) is 5.61. The van der Waals surface area contributed by atoms with Crippen molar-refractivity contribution in [3.05, 3.63) is 151 Å². The molecule has 0 aromatic heterocycles. The number of nitrogens with zero attached hydrogens (tertiary/aromatic N) is 1. The Bertz CT molecular complexity index is 1860. The number of aryl methyl sites for hydroxylation is 1. The summed E-state index contributed by atoms with van der Waals surface area (Å²) < 4.78 is 0. The Labute approximate surface area is 223 Å². The highest BCUT2D eigenvalue weighted by molar-refractivity contribution is 6.25. The van der Waals surface area contributed by atoms with Crippen LogP contribution in [0.4, 0.5) is 17.1 Å². The minimum absolute atomic E-state index is 1.14. The first kappa shape index (κ1) is 22.3. The molecular weight excluding hydrogens is 458 g/mol. The molecule has 0 saturated carbocycles. The third kappa shape index (κ3) is 3.81. The maximum Gasteiger partial charge on any atom is 0.0468 e. The van der Waals surface area contributed by atoms with Gasteiger partial charge in [0.1, 0.15) is 0 Å². The molecule has 0 N–H and O–H groups in total. The van der Waals surface area contributed by atoms with Crippen LogP contribution < -0.4 is 4.90 Å². The third-order valence-corrected chi connectivity index (χ3v) is 7.51. The van der Waals surface area contributed by atoms with Gasteiger partial charge in [0, 0.05) is 17.1 Å². The van der Waals surface area contributed by atoms with E-state index in [-0.39, 0.29) is 0 Å². The number of rotatable bonds is 4. The summed E-state index contributed by atoms with van der Waals surface area (Å²) in [7, 11) is 0. The quantitative estimate of drug-likeness (QED) is 0.224. The molecule has 0 saturated heterocycles. The van der Waals surface area contributed by atoms with E-state index in [1.165, 1.54) is 49.0 Å². The summed E-state index contributed by atoms with van der Waals surface area (Å²) >= 11 is 0. The second-order valence-corrected chi connectivity index (χ2v) is 9.90. The van der Waals surface area contributed by atoms with Crippen molar-refractivity contribution in [1.29, 1.82) is 0 Å². The second-order valence-electron chi connectivity index (χ2n) is 9.90. The highest BCUT2D eigenvalue weighted by Gasteiger charge is 2.15. The van der Waals surface area contributed by atoms with Crippen LogP contribution in [0.3, 0.4) is 0 Å². The Kier molecular flexibility index (Phi) is 5.41. The van der Waals surface area contributed by atoms with Gasteiger partial charge in [-0.05, 0) is 86.8 Å². The van der Waals surface area contributed by atoms with E-state index in [2.05, 4.69) is 157 Å². The van der Waals surface area contributed by atoms with Crippen molar-refractivity contribution in [2.75, 3.05) is 4.90 Å². The van der Waals surface area contributed by atoms with Gasteiger partial charge >= 0.3 is 0 Å². The Morgan fingerprint density at radius 2 is 0.763 bits per heavy atom. The highest BCUT2D eigenvalue weighted by Crippen LogP contribution is 2.41. The van der Waals surface area contributed by atoms with Crippen LogP contribution in [-0.2, 0) is 0 Å². The number of hydrogen-bond acceptors (Lipinski definition) is 1. The van der Waals surface area contributed by atoms with Gasteiger partial charge in [-0.15, -0.1) is 0 Å². The minimum Gasteiger partial charge on any atom is -0.310 e. The van der Waals surface area contributed by atoms with Crippen molar-refractivity contribution in [1.82, 2.24) is 0 Å². The molecule has 7 aromatic rings. The second kappa shape index (κ2) is 9.21. The average molecular weight is 486 g/mol. The number of para-hydroxylation sites is 1. The van der Waals surface area contributed by atoms with E-state index in [4.69, 9.17) is 0 Å². The van der Waals surface area contributed by atoms with Gasteiger partial charge in [0.05, 0.1) is 0 Å². The predicted octanol–water partition coefficient (Wildman–Crippen LogP) is 10.6. The van der Waals surface area contributed by atoms with Crippen molar-refractivity contribution in [3.63, 3.8) is 0 Å². The maximum atomic E-state index is 2.35. The average Bonchev–Trinajstić information content (AvgIpc) is 2.99. The summed E-state index contributed by atoms with van der Waals surface area (Å²) in [5, 5.41) is 7.73. The van der Waals surface area contributed by atoms with Crippen molar-refractivity contribution < 1.29 is 0 Å². The topological polar surface area (TPSA) is 3.24 Å². The van der Waals surface area contributed by atoms with Crippen LogP contribution in [0.5, 0.6) is 0 Å². The zero-order chi connectivity index (χ0) is 25.5. The molecule has 0 aliphatic heterocycles. The number of fused-ring (bicyclic) bond motifs is 6. The smallest absolute Gasteiger partial charge is 0.0468 e. The molecule has 38 heavy (non-hydrogen) atoms. The Morgan fingerprint density at radius 1 is 0.342 bits per heavy atom. The van der Waals surface area contributed by atoms with Gasteiger partial charge in [0.25, 0.3) is 0 Å². The lowest BCUT2D eigenvalue weighted by atomic mass is 9.94. The Balaban J connectivity index is 1.42. The number of benzene rings is 7. The summed E-state index contributed by atoms with van der Waals surface area (Å²) in [5.74, 6) is 0. The molecule has 0 aliphatic rings. The standard InChI is InChI=1S/C37H27N/c1-26-15-17-27(18-16-26)28-19-21-30(22-20-28)38(29-9-3-2-4-10-29)31-23-24-36-34-13-6-5-11-32(34)33-12-7-8-14-35(33)37(36)25-31/h2-25H,1H3.